The van der Waals surface area contributed by atoms with Gasteiger partial charge in [0.2, 0.25) is 0 Å². The molecule has 0 radical (unpaired) electrons. The van der Waals surface area contributed by atoms with E-state index < -0.39 is 0 Å². The Kier molecular flexibility index (Phi) is 7.91. The van der Waals surface area contributed by atoms with Crippen LogP contribution in [0.4, 0.5) is 0 Å². The maximum Gasteiger partial charge on any atom is 0.137 e. The summed E-state index contributed by atoms with van der Waals surface area (Å²) in [4.78, 5) is 12.2. The van der Waals surface area contributed by atoms with Gasteiger partial charge in [-0.3, -0.25) is 4.90 Å². The number of hydrogen-bond acceptors (Lipinski definition) is 6. The Morgan fingerprint density at radius 3 is 2.71 bits per heavy atom. The van der Waals surface area contributed by atoms with E-state index in [1.165, 1.54) is 10.5 Å². The van der Waals surface area contributed by atoms with Gasteiger partial charge in [-0.1, -0.05) is 48.7 Å². The van der Waals surface area contributed by atoms with Gasteiger partial charge >= 0.3 is 0 Å². The molecule has 0 amide bonds. The topological polar surface area (TPSA) is 48.3 Å². The summed E-state index contributed by atoms with van der Waals surface area (Å²) in [6, 6.07) is 8.48. The lowest BCUT2D eigenvalue weighted by Gasteiger charge is -2.36. The van der Waals surface area contributed by atoms with Crippen LogP contribution in [0, 0.1) is 0 Å². The van der Waals surface area contributed by atoms with Crippen molar-refractivity contribution in [2.45, 2.75) is 11.8 Å². The molecule has 0 saturated carbocycles. The third-order valence-corrected chi connectivity index (χ3v) is 5.97. The van der Waals surface area contributed by atoms with Gasteiger partial charge in [0.05, 0.1) is 25.5 Å². The Bertz CT molecular complexity index is 765. The van der Waals surface area contributed by atoms with E-state index in [2.05, 4.69) is 46.7 Å². The lowest BCUT2D eigenvalue weighted by Crippen LogP contribution is -2.49. The van der Waals surface area contributed by atoms with Gasteiger partial charge in [0.25, 0.3) is 0 Å². The average Bonchev–Trinajstić information content (AvgIpc) is 2.89. The number of thioether (sulfide) groups is 1. The summed E-state index contributed by atoms with van der Waals surface area (Å²) in [5, 5.41) is 8.81. The fourth-order valence-electron chi connectivity index (χ4n) is 3.35. The van der Waals surface area contributed by atoms with Crippen molar-refractivity contribution >= 4 is 17.6 Å². The second kappa shape index (κ2) is 10.6. The van der Waals surface area contributed by atoms with Crippen LogP contribution in [0.5, 0.6) is 0 Å². The van der Waals surface area contributed by atoms with Crippen molar-refractivity contribution in [1.82, 2.24) is 9.80 Å². The van der Waals surface area contributed by atoms with E-state index in [1.807, 2.05) is 19.1 Å². The van der Waals surface area contributed by atoms with E-state index in [4.69, 9.17) is 14.8 Å². The van der Waals surface area contributed by atoms with Crippen molar-refractivity contribution in [3.05, 3.63) is 65.2 Å². The van der Waals surface area contributed by atoms with Crippen LogP contribution in [0.15, 0.2) is 69.6 Å². The van der Waals surface area contributed by atoms with E-state index in [0.717, 1.165) is 49.2 Å². The summed E-state index contributed by atoms with van der Waals surface area (Å²) in [6.45, 7) is 11.9. The first-order chi connectivity index (χ1) is 13.8. The molecule has 0 spiro atoms. The number of benzene rings is 1. The lowest BCUT2D eigenvalue weighted by atomic mass is 10.1. The average molecular weight is 400 g/mol. The summed E-state index contributed by atoms with van der Waals surface area (Å²) >= 11 is 1.73. The van der Waals surface area contributed by atoms with Gasteiger partial charge in [-0.15, -0.1) is 0 Å². The highest BCUT2D eigenvalue weighted by molar-refractivity contribution is 8.03. The first-order valence-electron chi connectivity index (χ1n) is 9.78. The number of aliphatic hydroxyl groups excluding tert-OH is 1. The second-order valence-corrected chi connectivity index (χ2v) is 7.74. The molecule has 1 aromatic rings. The van der Waals surface area contributed by atoms with Crippen LogP contribution in [-0.2, 0) is 4.74 Å². The van der Waals surface area contributed by atoms with Crippen LogP contribution >= 0.6 is 11.8 Å². The van der Waals surface area contributed by atoms with Crippen molar-refractivity contribution in [3.63, 3.8) is 0 Å². The van der Waals surface area contributed by atoms with Gasteiger partial charge in [0.1, 0.15) is 5.84 Å². The van der Waals surface area contributed by atoms with Gasteiger partial charge in [-0.2, -0.15) is 0 Å². The lowest BCUT2D eigenvalue weighted by molar-refractivity contribution is 0.0652. The van der Waals surface area contributed by atoms with Gasteiger partial charge in [0.15, 0.2) is 0 Å². The number of nitrogens with zero attached hydrogens (tertiary/aromatic N) is 3. The number of allylic oxidation sites excluding steroid dienone is 3. The maximum atomic E-state index is 8.81. The molecule has 2 heterocycles. The smallest absolute Gasteiger partial charge is 0.137 e. The minimum atomic E-state index is 0.0831. The molecule has 2 aliphatic rings. The molecule has 0 aromatic heterocycles. The second-order valence-electron chi connectivity index (χ2n) is 6.65. The molecule has 0 aliphatic carbocycles. The Hall–Kier alpha value is -1.86. The molecular weight excluding hydrogens is 370 g/mol. The van der Waals surface area contributed by atoms with Crippen LogP contribution < -0.4 is 0 Å². The van der Waals surface area contributed by atoms with E-state index in [1.54, 1.807) is 11.8 Å². The molecule has 3 rings (SSSR count). The number of aliphatic hydroxyl groups is 1. The van der Waals surface area contributed by atoms with Crippen LogP contribution in [0.3, 0.4) is 0 Å². The highest BCUT2D eigenvalue weighted by atomic mass is 32.2. The predicted octanol–water partition coefficient (Wildman–Crippen LogP) is 3.14. The zero-order valence-corrected chi connectivity index (χ0v) is 17.3. The summed E-state index contributed by atoms with van der Waals surface area (Å²) in [7, 11) is 0. The number of amidine groups is 1. The Morgan fingerprint density at radius 1 is 1.21 bits per heavy atom. The van der Waals surface area contributed by atoms with Crippen molar-refractivity contribution in [2.24, 2.45) is 4.99 Å². The molecule has 2 aliphatic heterocycles. The number of piperazine rings is 1. The summed E-state index contributed by atoms with van der Waals surface area (Å²) in [6.07, 6.45) is 5.99. The summed E-state index contributed by atoms with van der Waals surface area (Å²) < 4.78 is 5.40. The number of fused-ring (bicyclic) bond motifs is 1. The Labute approximate surface area is 172 Å². The van der Waals surface area contributed by atoms with Crippen LogP contribution in [0.2, 0.25) is 0 Å². The monoisotopic (exact) mass is 399 g/mol. The fraction of sp³-hybridized carbons (Fsp3) is 0.409. The highest BCUT2D eigenvalue weighted by Crippen LogP contribution is 2.37. The number of aliphatic imine (C=N–C) groups is 1. The minimum absolute atomic E-state index is 0.0831. The van der Waals surface area contributed by atoms with E-state index in [-0.39, 0.29) is 6.61 Å². The van der Waals surface area contributed by atoms with Crippen molar-refractivity contribution < 1.29 is 9.84 Å². The zero-order valence-electron chi connectivity index (χ0n) is 16.5. The number of hydrogen-bond donors (Lipinski definition) is 1. The SMILES string of the molecule is C=CC1=C(/C=C\C)N=C(N2CCN(CCOCCO)CC2)c2ccccc2S1. The van der Waals surface area contributed by atoms with Crippen molar-refractivity contribution in [3.8, 4) is 0 Å². The summed E-state index contributed by atoms with van der Waals surface area (Å²) in [5.41, 5.74) is 2.15. The third-order valence-electron chi connectivity index (χ3n) is 4.80. The van der Waals surface area contributed by atoms with Crippen LogP contribution in [0.1, 0.15) is 12.5 Å². The normalized spacial score (nSPS) is 18.2. The molecule has 1 aromatic carbocycles. The molecule has 1 saturated heterocycles. The predicted molar refractivity (Wildman–Crippen MR) is 117 cm³/mol. The molecule has 1 N–H and O–H groups in total. The van der Waals surface area contributed by atoms with E-state index in [0.29, 0.717) is 13.2 Å². The van der Waals surface area contributed by atoms with E-state index >= 15 is 0 Å². The van der Waals surface area contributed by atoms with Gasteiger partial charge in [-0.25, -0.2) is 4.99 Å². The molecule has 0 atom stereocenters. The van der Waals surface area contributed by atoms with Crippen molar-refractivity contribution in [2.75, 3.05) is 52.5 Å². The van der Waals surface area contributed by atoms with Crippen LogP contribution in [0.25, 0.3) is 0 Å². The highest BCUT2D eigenvalue weighted by Gasteiger charge is 2.25. The van der Waals surface area contributed by atoms with Gasteiger partial charge < -0.3 is 14.7 Å². The van der Waals surface area contributed by atoms with Gasteiger partial charge in [0, 0.05) is 48.1 Å². The number of ether oxygens (including phenoxy) is 1. The molecule has 1 fully saturated rings. The molecule has 0 unspecified atom stereocenters. The largest absolute Gasteiger partial charge is 0.394 e. The molecule has 5 nitrogen and oxygen atoms in total. The number of rotatable bonds is 7. The quantitative estimate of drug-likeness (QED) is 0.714. The third kappa shape index (κ3) is 5.14. The minimum Gasteiger partial charge on any atom is -0.394 e. The zero-order chi connectivity index (χ0) is 19.8. The molecule has 6 heteroatoms. The summed E-state index contributed by atoms with van der Waals surface area (Å²) in [5.74, 6) is 1.05. The molecule has 28 heavy (non-hydrogen) atoms. The Balaban J connectivity index is 1.78. The standard InChI is InChI=1S/C22H29N3O2S/c1-3-7-19-20(4-2)28-21-9-6-5-8-18(21)22(23-19)25-12-10-24(11-13-25)14-16-27-17-15-26/h3-9,26H,2,10-17H2,1H3/b7-3-. The molecule has 0 bridgehead atoms. The maximum absolute atomic E-state index is 8.81. The van der Waals surface area contributed by atoms with Crippen LogP contribution in [-0.4, -0.2) is 73.3 Å². The molecular formula is C22H29N3O2S. The van der Waals surface area contributed by atoms with E-state index in [9.17, 15) is 0 Å². The Morgan fingerprint density at radius 2 is 2.00 bits per heavy atom. The first kappa shape index (κ1) is 20.9. The fourth-order valence-corrected chi connectivity index (χ4v) is 4.30. The van der Waals surface area contributed by atoms with Gasteiger partial charge in [-0.05, 0) is 19.1 Å². The first-order valence-corrected chi connectivity index (χ1v) is 10.6. The molecule has 150 valence electrons. The van der Waals surface area contributed by atoms with Crippen molar-refractivity contribution in [1.29, 1.82) is 0 Å².